The number of fused-ring (bicyclic) bond motifs is 1. The number of carbonyl (C=O) groups is 2. The smallest absolute Gasteiger partial charge is 0.365 e. The second kappa shape index (κ2) is 10.6. The Morgan fingerprint density at radius 2 is 1.96 bits per heavy atom. The van der Waals surface area contributed by atoms with Crippen molar-refractivity contribution in [3.63, 3.8) is 0 Å². The first-order valence-corrected chi connectivity index (χ1v) is 8.78. The lowest BCUT2D eigenvalue weighted by Crippen LogP contribution is -2.38. The molecule has 0 saturated carbocycles. The van der Waals surface area contributed by atoms with Crippen LogP contribution in [-0.4, -0.2) is 39.5 Å². The minimum absolute atomic E-state index is 0.0123. The fourth-order valence-electron chi connectivity index (χ4n) is 2.26. The van der Waals surface area contributed by atoms with Gasteiger partial charge in [0.25, 0.3) is 0 Å². The maximum Gasteiger partial charge on any atom is 0.365 e. The Kier molecular flexibility index (Phi) is 8.84. The summed E-state index contributed by atoms with van der Waals surface area (Å²) < 4.78 is 5.83. The second-order valence-electron chi connectivity index (χ2n) is 7.07. The molecule has 8 heteroatoms. The average molecular weight is 393 g/mol. The van der Waals surface area contributed by atoms with Crippen LogP contribution in [0.5, 0.6) is 0 Å². The molecule has 1 atom stereocenters. The van der Waals surface area contributed by atoms with E-state index in [0.717, 1.165) is 17.4 Å². The molecule has 0 fully saturated rings. The molecule has 2 rings (SSSR count). The van der Waals surface area contributed by atoms with Crippen molar-refractivity contribution in [2.75, 3.05) is 6.54 Å². The number of para-hydroxylation sites is 1. The van der Waals surface area contributed by atoms with Gasteiger partial charge in [0.2, 0.25) is 0 Å². The van der Waals surface area contributed by atoms with Crippen LogP contribution in [0.25, 0.3) is 11.0 Å². The van der Waals surface area contributed by atoms with Gasteiger partial charge in [-0.15, -0.1) is 0 Å². The number of aryl methyl sites for hydroxylation is 1. The summed E-state index contributed by atoms with van der Waals surface area (Å²) in [7, 11) is 0. The highest BCUT2D eigenvalue weighted by Gasteiger charge is 2.17. The standard InChI is InChI=1S/C16H23NO2.C4H4O5/c1-5-11-7-6-8-12-9-14(19-15(11)12)13(18)10-17-16(2,3)4;5-3(6)1-2-4(7)9-8/h6-9,13,17-18H,5,10H2,1-4H3;1-2,8H,(H,5,6)/b;2-1-. The Balaban J connectivity index is 0.000000370. The molecule has 28 heavy (non-hydrogen) atoms. The number of nitrogens with one attached hydrogen (secondary N) is 1. The molecule has 1 unspecified atom stereocenters. The van der Waals surface area contributed by atoms with Crippen LogP contribution >= 0.6 is 0 Å². The van der Waals surface area contributed by atoms with Gasteiger partial charge in [-0.3, -0.25) is 4.89 Å². The van der Waals surface area contributed by atoms with Crippen LogP contribution in [-0.2, 0) is 20.9 Å². The highest BCUT2D eigenvalue weighted by molar-refractivity contribution is 5.90. The Morgan fingerprint density at radius 3 is 2.50 bits per heavy atom. The lowest BCUT2D eigenvalue weighted by atomic mass is 10.1. The summed E-state index contributed by atoms with van der Waals surface area (Å²) in [6, 6.07) is 8.05. The zero-order valence-electron chi connectivity index (χ0n) is 16.4. The average Bonchev–Trinajstić information content (AvgIpc) is 3.08. The molecule has 8 nitrogen and oxygen atoms in total. The highest BCUT2D eigenvalue weighted by atomic mass is 17.1. The van der Waals surface area contributed by atoms with Gasteiger partial charge in [-0.2, -0.15) is 5.26 Å². The Morgan fingerprint density at radius 1 is 1.29 bits per heavy atom. The summed E-state index contributed by atoms with van der Waals surface area (Å²) in [5.41, 5.74) is 2.07. The number of β-amino-alcohol motifs (C(OH)–C–C–N with tert-alkyl or cyclic N) is 1. The minimum Gasteiger partial charge on any atom is -0.478 e. The highest BCUT2D eigenvalue weighted by Crippen LogP contribution is 2.27. The van der Waals surface area contributed by atoms with Crippen molar-refractivity contribution in [1.29, 1.82) is 0 Å². The van der Waals surface area contributed by atoms with Crippen LogP contribution in [0.2, 0.25) is 0 Å². The van der Waals surface area contributed by atoms with Gasteiger partial charge in [0, 0.05) is 29.6 Å². The first-order valence-electron chi connectivity index (χ1n) is 8.78. The number of rotatable bonds is 6. The predicted octanol–water partition coefficient (Wildman–Crippen LogP) is 3.06. The number of aliphatic hydroxyl groups excluding tert-OH is 1. The zero-order chi connectivity index (χ0) is 21.3. The van der Waals surface area contributed by atoms with Gasteiger partial charge in [0.05, 0.1) is 0 Å². The van der Waals surface area contributed by atoms with Crippen molar-refractivity contribution in [3.8, 4) is 0 Å². The number of carbonyl (C=O) groups excluding carboxylic acids is 1. The van der Waals surface area contributed by atoms with E-state index in [1.165, 1.54) is 5.56 Å². The summed E-state index contributed by atoms with van der Waals surface area (Å²) >= 11 is 0. The van der Waals surface area contributed by atoms with E-state index in [9.17, 15) is 14.7 Å². The van der Waals surface area contributed by atoms with Gasteiger partial charge in [-0.1, -0.05) is 25.1 Å². The summed E-state index contributed by atoms with van der Waals surface area (Å²) in [6.45, 7) is 8.83. The van der Waals surface area contributed by atoms with Crippen LogP contribution in [0.1, 0.15) is 45.1 Å². The molecule has 0 saturated heterocycles. The van der Waals surface area contributed by atoms with E-state index in [1.54, 1.807) is 0 Å². The van der Waals surface area contributed by atoms with Gasteiger partial charge >= 0.3 is 11.9 Å². The fourth-order valence-corrected chi connectivity index (χ4v) is 2.26. The van der Waals surface area contributed by atoms with E-state index >= 15 is 0 Å². The van der Waals surface area contributed by atoms with Crippen molar-refractivity contribution in [2.45, 2.75) is 45.8 Å². The number of hydrogen-bond donors (Lipinski definition) is 4. The van der Waals surface area contributed by atoms with Crippen molar-refractivity contribution in [2.24, 2.45) is 0 Å². The van der Waals surface area contributed by atoms with Gasteiger partial charge in [0.15, 0.2) is 0 Å². The molecular formula is C20H27NO7. The fraction of sp³-hybridized carbons (Fsp3) is 0.400. The predicted molar refractivity (Wildman–Crippen MR) is 104 cm³/mol. The number of benzene rings is 1. The number of carboxylic acids is 1. The lowest BCUT2D eigenvalue weighted by molar-refractivity contribution is -0.228. The Hall–Kier alpha value is -2.68. The monoisotopic (exact) mass is 393 g/mol. The van der Waals surface area contributed by atoms with Crippen molar-refractivity contribution in [3.05, 3.63) is 47.7 Å². The normalized spacial score (nSPS) is 12.5. The molecule has 0 aliphatic heterocycles. The number of furan rings is 1. The number of aliphatic hydroxyl groups is 1. The molecular weight excluding hydrogens is 366 g/mol. The van der Waals surface area contributed by atoms with Crippen molar-refractivity contribution < 1.29 is 34.4 Å². The molecule has 0 aliphatic rings. The SMILES string of the molecule is CCc1cccc2cc(C(O)CNC(C)(C)C)oc12.O=C(O)/C=C\C(=O)OO. The topological polar surface area (TPSA) is 129 Å². The third-order valence-electron chi connectivity index (χ3n) is 3.63. The number of aliphatic carboxylic acids is 1. The summed E-state index contributed by atoms with van der Waals surface area (Å²) in [4.78, 5) is 22.6. The molecule has 1 aromatic carbocycles. The quantitative estimate of drug-likeness (QED) is 0.335. The van der Waals surface area contributed by atoms with E-state index in [-0.39, 0.29) is 5.54 Å². The molecule has 2 aromatic rings. The number of hydrogen-bond acceptors (Lipinski definition) is 7. The van der Waals surface area contributed by atoms with E-state index in [4.69, 9.17) is 14.8 Å². The molecule has 4 N–H and O–H groups in total. The maximum atomic E-state index is 10.2. The summed E-state index contributed by atoms with van der Waals surface area (Å²) in [6.07, 6.45) is 1.46. The van der Waals surface area contributed by atoms with Crippen molar-refractivity contribution in [1.82, 2.24) is 5.32 Å². The minimum atomic E-state index is -1.28. The van der Waals surface area contributed by atoms with E-state index in [0.29, 0.717) is 24.5 Å². The molecule has 0 aliphatic carbocycles. The first-order chi connectivity index (χ1) is 13.1. The largest absolute Gasteiger partial charge is 0.478 e. The molecule has 0 spiro atoms. The molecule has 0 bridgehead atoms. The van der Waals surface area contributed by atoms with Crippen LogP contribution in [0, 0.1) is 0 Å². The van der Waals surface area contributed by atoms with Crippen LogP contribution in [0.15, 0.2) is 40.8 Å². The first kappa shape index (κ1) is 23.4. The van der Waals surface area contributed by atoms with E-state index < -0.39 is 18.0 Å². The molecule has 154 valence electrons. The van der Waals surface area contributed by atoms with Crippen LogP contribution < -0.4 is 5.32 Å². The van der Waals surface area contributed by atoms with E-state index in [1.807, 2.05) is 18.2 Å². The second-order valence-corrected chi connectivity index (χ2v) is 7.07. The molecule has 1 heterocycles. The molecule has 0 radical (unpaired) electrons. The zero-order valence-corrected chi connectivity index (χ0v) is 16.4. The van der Waals surface area contributed by atoms with Gasteiger partial charge < -0.3 is 19.9 Å². The third kappa shape index (κ3) is 7.91. The molecule has 0 amide bonds. The van der Waals surface area contributed by atoms with Gasteiger partial charge in [-0.05, 0) is 38.8 Å². The van der Waals surface area contributed by atoms with Crippen LogP contribution in [0.3, 0.4) is 0 Å². The Bertz CT molecular complexity index is 818. The van der Waals surface area contributed by atoms with Gasteiger partial charge in [-0.25, -0.2) is 9.59 Å². The number of carboxylic acid groups (broad SMARTS) is 1. The summed E-state index contributed by atoms with van der Waals surface area (Å²) in [5.74, 6) is -1.76. The van der Waals surface area contributed by atoms with Crippen molar-refractivity contribution >= 4 is 22.9 Å². The summed E-state index contributed by atoms with van der Waals surface area (Å²) in [5, 5.41) is 30.0. The lowest BCUT2D eigenvalue weighted by Gasteiger charge is -2.22. The Labute approximate surface area is 163 Å². The maximum absolute atomic E-state index is 10.2. The van der Waals surface area contributed by atoms with Crippen LogP contribution in [0.4, 0.5) is 0 Å². The van der Waals surface area contributed by atoms with Gasteiger partial charge in [0.1, 0.15) is 17.4 Å². The van der Waals surface area contributed by atoms with E-state index in [2.05, 4.69) is 44.0 Å². The molecule has 1 aromatic heterocycles. The third-order valence-corrected chi connectivity index (χ3v) is 3.63.